The van der Waals surface area contributed by atoms with Crippen molar-refractivity contribution in [3.8, 4) is 0 Å². The molecule has 2 amide bonds. The lowest BCUT2D eigenvalue weighted by Crippen LogP contribution is -2.51. The molecular formula is C18H28N4O2. The van der Waals surface area contributed by atoms with Gasteiger partial charge in [0.2, 0.25) is 5.91 Å². The average Bonchev–Trinajstić information content (AvgIpc) is 3.01. The van der Waals surface area contributed by atoms with Crippen LogP contribution in [0.15, 0.2) is 12.5 Å². The van der Waals surface area contributed by atoms with E-state index in [0.717, 1.165) is 64.5 Å². The quantitative estimate of drug-likeness (QED) is 0.856. The average molecular weight is 332 g/mol. The first-order chi connectivity index (χ1) is 11.7. The fourth-order valence-corrected chi connectivity index (χ4v) is 3.98. The van der Waals surface area contributed by atoms with Gasteiger partial charge in [0.25, 0.3) is 5.91 Å². The molecule has 1 saturated heterocycles. The molecular weight excluding hydrogens is 304 g/mol. The zero-order valence-electron chi connectivity index (χ0n) is 14.5. The summed E-state index contributed by atoms with van der Waals surface area (Å²) in [6.07, 6.45) is 11.6. The Labute approximate surface area is 143 Å². The molecule has 0 unspecified atom stereocenters. The molecule has 1 aromatic heterocycles. The minimum absolute atomic E-state index is 0.00589. The van der Waals surface area contributed by atoms with Crippen LogP contribution >= 0.6 is 0 Å². The van der Waals surface area contributed by atoms with Gasteiger partial charge >= 0.3 is 0 Å². The highest BCUT2D eigenvalue weighted by atomic mass is 16.2. The molecule has 1 aromatic rings. The van der Waals surface area contributed by atoms with Gasteiger partial charge in [-0.2, -0.15) is 0 Å². The number of nitrogens with one attached hydrogen (secondary N) is 1. The molecule has 6 nitrogen and oxygen atoms in total. The number of imidazole rings is 1. The number of carbonyl (C=O) groups is 2. The van der Waals surface area contributed by atoms with Crippen LogP contribution in [0.2, 0.25) is 0 Å². The molecule has 2 atom stereocenters. The van der Waals surface area contributed by atoms with Crippen molar-refractivity contribution < 1.29 is 9.59 Å². The van der Waals surface area contributed by atoms with Gasteiger partial charge in [-0.15, -0.1) is 0 Å². The second-order valence-electron chi connectivity index (χ2n) is 7.09. The van der Waals surface area contributed by atoms with Crippen molar-refractivity contribution in [3.63, 3.8) is 0 Å². The zero-order chi connectivity index (χ0) is 16.9. The van der Waals surface area contributed by atoms with Gasteiger partial charge in [0.15, 0.2) is 0 Å². The fourth-order valence-electron chi connectivity index (χ4n) is 3.98. The number of nitrogens with zero attached hydrogens (tertiary/aromatic N) is 3. The standard InChI is InChI=1S/C18H28N4O2/c1-21-12-15(20-13-21)18(24)22-11-7-3-2-6-10-19-17(23)14-8-4-5-9-16(14)22/h12-14,16H,2-11H2,1H3,(H,19,23)/t14-,16+/m1/s1. The van der Waals surface area contributed by atoms with Crippen LogP contribution in [0.4, 0.5) is 0 Å². The highest BCUT2D eigenvalue weighted by Gasteiger charge is 2.37. The summed E-state index contributed by atoms with van der Waals surface area (Å²) in [5.74, 6) is 0.0180. The molecule has 6 heteroatoms. The lowest BCUT2D eigenvalue weighted by Gasteiger charge is -2.39. The predicted molar refractivity (Wildman–Crippen MR) is 91.5 cm³/mol. The molecule has 3 rings (SSSR count). The van der Waals surface area contributed by atoms with Crippen molar-refractivity contribution in [2.24, 2.45) is 13.0 Å². The third kappa shape index (κ3) is 3.79. The summed E-state index contributed by atoms with van der Waals surface area (Å²) in [5.41, 5.74) is 0.483. The van der Waals surface area contributed by atoms with Gasteiger partial charge in [-0.1, -0.05) is 25.7 Å². The van der Waals surface area contributed by atoms with Crippen molar-refractivity contribution in [3.05, 3.63) is 18.2 Å². The van der Waals surface area contributed by atoms with E-state index in [1.807, 2.05) is 11.9 Å². The first kappa shape index (κ1) is 17.0. The largest absolute Gasteiger partial charge is 0.356 e. The summed E-state index contributed by atoms with van der Waals surface area (Å²) in [7, 11) is 1.87. The van der Waals surface area contributed by atoms with Crippen LogP contribution < -0.4 is 5.32 Å². The van der Waals surface area contributed by atoms with E-state index in [0.29, 0.717) is 5.69 Å². The van der Waals surface area contributed by atoms with Crippen LogP contribution in [-0.2, 0) is 11.8 Å². The predicted octanol–water partition coefficient (Wildman–Crippen LogP) is 2.11. The van der Waals surface area contributed by atoms with Crippen LogP contribution in [0, 0.1) is 5.92 Å². The number of hydrogen-bond acceptors (Lipinski definition) is 3. The van der Waals surface area contributed by atoms with Gasteiger partial charge in [-0.05, 0) is 25.7 Å². The van der Waals surface area contributed by atoms with E-state index < -0.39 is 0 Å². The maximum Gasteiger partial charge on any atom is 0.274 e. The molecule has 1 N–H and O–H groups in total. The Morgan fingerprint density at radius 1 is 1.17 bits per heavy atom. The van der Waals surface area contributed by atoms with Crippen LogP contribution in [0.1, 0.15) is 61.9 Å². The van der Waals surface area contributed by atoms with E-state index >= 15 is 0 Å². The number of aryl methyl sites for hydroxylation is 1. The molecule has 2 fully saturated rings. The number of aromatic nitrogens is 2. The first-order valence-electron chi connectivity index (χ1n) is 9.23. The topological polar surface area (TPSA) is 67.2 Å². The van der Waals surface area contributed by atoms with E-state index in [-0.39, 0.29) is 23.8 Å². The number of hydrogen-bond donors (Lipinski definition) is 1. The number of amides is 2. The van der Waals surface area contributed by atoms with Gasteiger partial charge in [-0.25, -0.2) is 4.98 Å². The van der Waals surface area contributed by atoms with Crippen molar-refractivity contribution in [2.75, 3.05) is 13.1 Å². The summed E-state index contributed by atoms with van der Waals surface area (Å²) in [6, 6.07) is 0.00589. The Morgan fingerprint density at radius 3 is 2.75 bits per heavy atom. The monoisotopic (exact) mass is 332 g/mol. The first-order valence-corrected chi connectivity index (χ1v) is 9.23. The van der Waals surface area contributed by atoms with E-state index in [2.05, 4.69) is 10.3 Å². The fraction of sp³-hybridized carbons (Fsp3) is 0.722. The van der Waals surface area contributed by atoms with E-state index in [9.17, 15) is 9.59 Å². The molecule has 132 valence electrons. The normalized spacial score (nSPS) is 26.2. The number of fused-ring (bicyclic) bond motifs is 1. The Bertz CT molecular complexity index is 583. The van der Waals surface area contributed by atoms with Crippen molar-refractivity contribution in [1.82, 2.24) is 19.8 Å². The molecule has 1 aliphatic heterocycles. The minimum atomic E-state index is -0.0792. The van der Waals surface area contributed by atoms with Crippen LogP contribution in [0.25, 0.3) is 0 Å². The van der Waals surface area contributed by atoms with E-state index in [1.165, 1.54) is 0 Å². The van der Waals surface area contributed by atoms with Gasteiger partial charge in [-0.3, -0.25) is 9.59 Å². The molecule has 0 radical (unpaired) electrons. The Kier molecular flexibility index (Phi) is 5.53. The third-order valence-corrected chi connectivity index (χ3v) is 5.28. The molecule has 1 aliphatic carbocycles. The second-order valence-corrected chi connectivity index (χ2v) is 7.09. The van der Waals surface area contributed by atoms with Crippen molar-refractivity contribution in [1.29, 1.82) is 0 Å². The number of rotatable bonds is 1. The Hall–Kier alpha value is -1.85. The summed E-state index contributed by atoms with van der Waals surface area (Å²) < 4.78 is 1.80. The molecule has 0 bridgehead atoms. The van der Waals surface area contributed by atoms with Crippen molar-refractivity contribution >= 4 is 11.8 Å². The Balaban J connectivity index is 1.86. The lowest BCUT2D eigenvalue weighted by atomic mass is 9.82. The van der Waals surface area contributed by atoms with Crippen molar-refractivity contribution in [2.45, 2.75) is 57.4 Å². The number of carbonyl (C=O) groups excluding carboxylic acids is 2. The molecule has 0 spiro atoms. The summed E-state index contributed by atoms with van der Waals surface area (Å²) in [6.45, 7) is 1.49. The summed E-state index contributed by atoms with van der Waals surface area (Å²) in [5, 5.41) is 3.09. The lowest BCUT2D eigenvalue weighted by molar-refractivity contribution is -0.128. The highest BCUT2D eigenvalue weighted by molar-refractivity contribution is 5.93. The Morgan fingerprint density at radius 2 is 1.96 bits per heavy atom. The zero-order valence-corrected chi connectivity index (χ0v) is 14.5. The summed E-state index contributed by atoms with van der Waals surface area (Å²) >= 11 is 0. The van der Waals surface area contributed by atoms with Gasteiger partial charge in [0, 0.05) is 32.4 Å². The molecule has 1 saturated carbocycles. The maximum atomic E-state index is 13.0. The SMILES string of the molecule is Cn1cnc(C(=O)N2CCCCCCNC(=O)[C@@H]3CCCC[C@@H]32)c1. The third-order valence-electron chi connectivity index (χ3n) is 5.28. The van der Waals surface area contributed by atoms with E-state index in [4.69, 9.17) is 0 Å². The van der Waals surface area contributed by atoms with Crippen LogP contribution in [0.3, 0.4) is 0 Å². The van der Waals surface area contributed by atoms with Crippen LogP contribution in [0.5, 0.6) is 0 Å². The molecule has 0 aromatic carbocycles. The van der Waals surface area contributed by atoms with Crippen LogP contribution in [-0.4, -0.2) is 45.4 Å². The minimum Gasteiger partial charge on any atom is -0.356 e. The molecule has 2 aliphatic rings. The summed E-state index contributed by atoms with van der Waals surface area (Å²) in [4.78, 5) is 31.8. The smallest absolute Gasteiger partial charge is 0.274 e. The highest BCUT2D eigenvalue weighted by Crippen LogP contribution is 2.30. The van der Waals surface area contributed by atoms with Gasteiger partial charge in [0.05, 0.1) is 12.2 Å². The van der Waals surface area contributed by atoms with Gasteiger partial charge < -0.3 is 14.8 Å². The van der Waals surface area contributed by atoms with E-state index in [1.54, 1.807) is 17.1 Å². The molecule has 2 heterocycles. The van der Waals surface area contributed by atoms with Gasteiger partial charge in [0.1, 0.15) is 5.69 Å². The second kappa shape index (κ2) is 7.81. The molecule has 24 heavy (non-hydrogen) atoms. The maximum absolute atomic E-state index is 13.0.